The van der Waals surface area contributed by atoms with E-state index < -0.39 is 0 Å². The van der Waals surface area contributed by atoms with Gasteiger partial charge in [0.2, 0.25) is 5.91 Å². The Balaban J connectivity index is 1.36. The van der Waals surface area contributed by atoms with Gasteiger partial charge in [-0.2, -0.15) is 5.10 Å². The van der Waals surface area contributed by atoms with Gasteiger partial charge < -0.3 is 10.1 Å². The molecule has 1 aliphatic carbocycles. The van der Waals surface area contributed by atoms with Gasteiger partial charge in [-0.05, 0) is 31.0 Å². The number of para-hydroxylation sites is 1. The summed E-state index contributed by atoms with van der Waals surface area (Å²) < 4.78 is 7.94. The maximum Gasteiger partial charge on any atom is 0.267 e. The van der Waals surface area contributed by atoms with Gasteiger partial charge >= 0.3 is 0 Å². The fourth-order valence-electron chi connectivity index (χ4n) is 4.12. The minimum absolute atomic E-state index is 0.122. The number of hydrogen-bond acceptors (Lipinski definition) is 6. The number of ether oxygens (including phenoxy) is 1. The van der Waals surface area contributed by atoms with Crippen LogP contribution in [0.4, 0.5) is 0 Å². The predicted molar refractivity (Wildman–Crippen MR) is 123 cm³/mol. The zero-order valence-electron chi connectivity index (χ0n) is 18.6. The Morgan fingerprint density at radius 3 is 2.67 bits per heavy atom. The van der Waals surface area contributed by atoms with Crippen LogP contribution >= 0.6 is 0 Å². The van der Waals surface area contributed by atoms with Crippen molar-refractivity contribution in [3.63, 3.8) is 0 Å². The summed E-state index contributed by atoms with van der Waals surface area (Å²) in [5.74, 6) is 0.632. The molecule has 1 N–H and O–H groups in total. The lowest BCUT2D eigenvalue weighted by Gasteiger charge is -2.12. The lowest BCUT2D eigenvalue weighted by molar-refractivity contribution is -0.121. The molecule has 2 heterocycles. The molecule has 1 aliphatic rings. The number of carbonyl (C=O) groups is 1. The van der Waals surface area contributed by atoms with Crippen molar-refractivity contribution in [2.24, 2.45) is 0 Å². The van der Waals surface area contributed by atoms with Gasteiger partial charge in [-0.25, -0.2) is 9.67 Å². The Morgan fingerprint density at radius 2 is 1.91 bits per heavy atom. The summed E-state index contributed by atoms with van der Waals surface area (Å²) in [7, 11) is 1.56. The van der Waals surface area contributed by atoms with Crippen LogP contribution in [0.5, 0.6) is 5.75 Å². The van der Waals surface area contributed by atoms with E-state index in [2.05, 4.69) is 15.4 Å². The van der Waals surface area contributed by atoms with Crippen LogP contribution in [0.3, 0.4) is 0 Å². The molecular weight excluding hydrogens is 422 g/mol. The van der Waals surface area contributed by atoms with Crippen LogP contribution in [-0.2, 0) is 17.9 Å². The smallest absolute Gasteiger partial charge is 0.267 e. The number of aromatic nitrogens is 4. The first-order valence-corrected chi connectivity index (χ1v) is 11.1. The summed E-state index contributed by atoms with van der Waals surface area (Å²) >= 11 is 0. The fraction of sp³-hybridized carbons (Fsp3) is 0.375. The Morgan fingerprint density at radius 1 is 1.12 bits per heavy atom. The molecule has 9 nitrogen and oxygen atoms in total. The molecule has 0 atom stereocenters. The average Bonchev–Trinajstić information content (AvgIpc) is 3.36. The Labute approximate surface area is 191 Å². The minimum atomic E-state index is -0.383. The molecule has 4 rings (SSSR count). The second kappa shape index (κ2) is 10.2. The van der Waals surface area contributed by atoms with Crippen molar-refractivity contribution >= 4 is 5.91 Å². The largest absolute Gasteiger partial charge is 0.496 e. The monoisotopic (exact) mass is 449 g/mol. The van der Waals surface area contributed by atoms with Gasteiger partial charge in [0, 0.05) is 36.7 Å². The molecule has 0 spiro atoms. The highest BCUT2D eigenvalue weighted by Gasteiger charge is 2.19. The summed E-state index contributed by atoms with van der Waals surface area (Å²) in [4.78, 5) is 41.4. The summed E-state index contributed by atoms with van der Waals surface area (Å²) in [5, 5.41) is 7.05. The molecule has 0 radical (unpaired) electrons. The molecule has 2 aromatic heterocycles. The molecular formula is C24H27N5O4. The highest BCUT2D eigenvalue weighted by atomic mass is 16.5. The second-order valence-electron chi connectivity index (χ2n) is 8.09. The molecule has 1 aromatic carbocycles. The lowest BCUT2D eigenvalue weighted by atomic mass is 10.0. The van der Waals surface area contributed by atoms with Gasteiger partial charge in [-0.3, -0.25) is 19.0 Å². The van der Waals surface area contributed by atoms with Gasteiger partial charge in [-0.1, -0.05) is 25.0 Å². The summed E-state index contributed by atoms with van der Waals surface area (Å²) in [6, 6.07) is 11.9. The maximum atomic E-state index is 12.4. The number of nitrogens with one attached hydrogen (secondary N) is 1. The summed E-state index contributed by atoms with van der Waals surface area (Å²) in [6.45, 7) is 0.311. The van der Waals surface area contributed by atoms with Gasteiger partial charge in [0.05, 0.1) is 24.8 Å². The number of amides is 1. The molecule has 33 heavy (non-hydrogen) atoms. The average molecular weight is 450 g/mol. The van der Waals surface area contributed by atoms with E-state index in [-0.39, 0.29) is 30.1 Å². The van der Waals surface area contributed by atoms with E-state index in [4.69, 9.17) is 4.74 Å². The van der Waals surface area contributed by atoms with E-state index in [0.29, 0.717) is 23.9 Å². The highest BCUT2D eigenvalue weighted by molar-refractivity contribution is 5.75. The van der Waals surface area contributed by atoms with E-state index >= 15 is 0 Å². The van der Waals surface area contributed by atoms with Crippen molar-refractivity contribution in [1.82, 2.24) is 24.6 Å². The molecule has 1 amide bonds. The standard InChI is InChI=1S/C24H27N5O4/c1-33-21-9-5-4-8-18(21)19-10-11-23(31)29(27-19)15-22(30)25-12-13-28-16-26-20(14-24(28)32)17-6-2-3-7-17/h4-5,8-11,14,16-17H,2-3,6-7,12-13,15H2,1H3,(H,25,30). The summed E-state index contributed by atoms with van der Waals surface area (Å²) in [6.07, 6.45) is 6.07. The quantitative estimate of drug-likeness (QED) is 0.563. The van der Waals surface area contributed by atoms with E-state index in [0.717, 1.165) is 28.8 Å². The van der Waals surface area contributed by atoms with Crippen LogP contribution in [-0.4, -0.2) is 38.9 Å². The minimum Gasteiger partial charge on any atom is -0.496 e. The Kier molecular flexibility index (Phi) is 6.97. The number of hydrogen-bond donors (Lipinski definition) is 1. The van der Waals surface area contributed by atoms with Gasteiger partial charge in [-0.15, -0.1) is 0 Å². The van der Waals surface area contributed by atoms with Crippen LogP contribution in [0.1, 0.15) is 37.3 Å². The normalized spacial score (nSPS) is 13.7. The molecule has 1 saturated carbocycles. The van der Waals surface area contributed by atoms with Crippen LogP contribution < -0.4 is 21.2 Å². The predicted octanol–water partition coefficient (Wildman–Crippen LogP) is 1.95. The van der Waals surface area contributed by atoms with Crippen LogP contribution in [0.25, 0.3) is 11.3 Å². The number of rotatable bonds is 8. The maximum absolute atomic E-state index is 12.4. The third kappa shape index (κ3) is 5.36. The molecule has 0 saturated heterocycles. The van der Waals surface area contributed by atoms with Gasteiger partial charge in [0.1, 0.15) is 12.3 Å². The van der Waals surface area contributed by atoms with Gasteiger partial charge in [0.15, 0.2) is 0 Å². The SMILES string of the molecule is COc1ccccc1-c1ccc(=O)n(CC(=O)NCCn2cnc(C3CCCC3)cc2=O)n1. The van der Waals surface area contributed by atoms with Crippen molar-refractivity contribution in [2.75, 3.05) is 13.7 Å². The van der Waals surface area contributed by atoms with E-state index in [9.17, 15) is 14.4 Å². The molecule has 0 bridgehead atoms. The topological polar surface area (TPSA) is 108 Å². The first kappa shape index (κ1) is 22.4. The lowest BCUT2D eigenvalue weighted by Crippen LogP contribution is -2.36. The van der Waals surface area contributed by atoms with Crippen molar-refractivity contribution < 1.29 is 9.53 Å². The molecule has 172 valence electrons. The second-order valence-corrected chi connectivity index (χ2v) is 8.09. The van der Waals surface area contributed by atoms with Crippen LogP contribution in [0.15, 0.2) is 58.4 Å². The van der Waals surface area contributed by atoms with E-state index in [1.165, 1.54) is 23.5 Å². The van der Waals surface area contributed by atoms with Crippen LogP contribution in [0.2, 0.25) is 0 Å². The first-order valence-electron chi connectivity index (χ1n) is 11.1. The third-order valence-electron chi connectivity index (χ3n) is 5.89. The molecule has 3 aromatic rings. The molecule has 0 unspecified atom stereocenters. The van der Waals surface area contributed by atoms with Crippen molar-refractivity contribution in [3.05, 3.63) is 75.2 Å². The zero-order valence-corrected chi connectivity index (χ0v) is 18.6. The molecule has 1 fully saturated rings. The fourth-order valence-corrected chi connectivity index (χ4v) is 4.12. The number of benzene rings is 1. The van der Waals surface area contributed by atoms with E-state index in [1.807, 2.05) is 18.2 Å². The van der Waals surface area contributed by atoms with Crippen molar-refractivity contribution in [3.8, 4) is 17.0 Å². The Hall–Kier alpha value is -3.75. The van der Waals surface area contributed by atoms with Crippen molar-refractivity contribution in [2.45, 2.75) is 44.7 Å². The summed E-state index contributed by atoms with van der Waals surface area (Å²) in [5.41, 5.74) is 1.61. The molecule has 9 heteroatoms. The third-order valence-corrected chi connectivity index (χ3v) is 5.89. The number of carbonyl (C=O) groups excluding carboxylic acids is 1. The number of methoxy groups -OCH3 is 1. The highest BCUT2D eigenvalue weighted by Crippen LogP contribution is 2.32. The van der Waals surface area contributed by atoms with E-state index in [1.54, 1.807) is 31.6 Å². The number of nitrogens with zero attached hydrogens (tertiary/aromatic N) is 4. The Bertz CT molecular complexity index is 1240. The zero-order chi connectivity index (χ0) is 23.2. The van der Waals surface area contributed by atoms with Gasteiger partial charge in [0.25, 0.3) is 11.1 Å². The van der Waals surface area contributed by atoms with Crippen LogP contribution in [0, 0.1) is 0 Å². The first-order chi connectivity index (χ1) is 16.0. The molecule has 0 aliphatic heterocycles. The van der Waals surface area contributed by atoms with Crippen molar-refractivity contribution in [1.29, 1.82) is 0 Å².